The van der Waals surface area contributed by atoms with Crippen molar-refractivity contribution in [2.24, 2.45) is 0 Å². The molecule has 18 heavy (non-hydrogen) atoms. The standard InChI is InChI=1S/C14H16F2N2/c1-18-4-2-9(3-5-18)13-7-10-6-11(15)12(16)8-14(10)17-13/h6-9,17H,2-5H2,1H3. The predicted molar refractivity (Wildman–Crippen MR) is 67.7 cm³/mol. The van der Waals surface area contributed by atoms with Gasteiger partial charge in [-0.25, -0.2) is 8.78 Å². The summed E-state index contributed by atoms with van der Waals surface area (Å²) in [6, 6.07) is 4.45. The predicted octanol–water partition coefficient (Wildman–Crippen LogP) is 3.26. The van der Waals surface area contributed by atoms with Gasteiger partial charge in [0.2, 0.25) is 0 Å². The molecule has 0 amide bonds. The molecule has 1 fully saturated rings. The van der Waals surface area contributed by atoms with Crippen molar-refractivity contribution in [3.63, 3.8) is 0 Å². The van der Waals surface area contributed by atoms with Gasteiger partial charge in [0.15, 0.2) is 11.6 Å². The van der Waals surface area contributed by atoms with E-state index in [1.807, 2.05) is 6.07 Å². The van der Waals surface area contributed by atoms with Crippen LogP contribution < -0.4 is 0 Å². The van der Waals surface area contributed by atoms with E-state index in [2.05, 4.69) is 16.9 Å². The number of hydrogen-bond acceptors (Lipinski definition) is 1. The monoisotopic (exact) mass is 250 g/mol. The molecular weight excluding hydrogens is 234 g/mol. The molecule has 1 N–H and O–H groups in total. The number of nitrogens with zero attached hydrogens (tertiary/aromatic N) is 1. The quantitative estimate of drug-likeness (QED) is 0.823. The second kappa shape index (κ2) is 4.35. The maximum Gasteiger partial charge on any atom is 0.160 e. The van der Waals surface area contributed by atoms with Gasteiger partial charge in [0.1, 0.15) is 0 Å². The highest BCUT2D eigenvalue weighted by molar-refractivity contribution is 5.80. The van der Waals surface area contributed by atoms with E-state index in [1.54, 1.807) is 0 Å². The van der Waals surface area contributed by atoms with Crippen molar-refractivity contribution in [2.45, 2.75) is 18.8 Å². The molecule has 0 radical (unpaired) electrons. The Morgan fingerprint density at radius 2 is 1.78 bits per heavy atom. The van der Waals surface area contributed by atoms with Gasteiger partial charge < -0.3 is 9.88 Å². The Balaban J connectivity index is 1.93. The van der Waals surface area contributed by atoms with Crippen LogP contribution in [0, 0.1) is 11.6 Å². The number of benzene rings is 1. The molecule has 96 valence electrons. The summed E-state index contributed by atoms with van der Waals surface area (Å²) in [5.41, 5.74) is 1.78. The zero-order valence-corrected chi connectivity index (χ0v) is 10.3. The van der Waals surface area contributed by atoms with E-state index in [1.165, 1.54) is 12.1 Å². The lowest BCUT2D eigenvalue weighted by Crippen LogP contribution is -2.29. The van der Waals surface area contributed by atoms with Crippen LogP contribution >= 0.6 is 0 Å². The molecule has 0 atom stereocenters. The van der Waals surface area contributed by atoms with E-state index < -0.39 is 11.6 Å². The molecular formula is C14H16F2N2. The van der Waals surface area contributed by atoms with E-state index in [0.717, 1.165) is 37.0 Å². The van der Waals surface area contributed by atoms with E-state index >= 15 is 0 Å². The fourth-order valence-electron chi connectivity index (χ4n) is 2.69. The van der Waals surface area contributed by atoms with Crippen LogP contribution in [0.5, 0.6) is 0 Å². The zero-order valence-electron chi connectivity index (χ0n) is 10.3. The molecule has 0 unspecified atom stereocenters. The first-order valence-electron chi connectivity index (χ1n) is 6.29. The molecule has 4 heteroatoms. The Morgan fingerprint density at radius 3 is 2.50 bits per heavy atom. The molecule has 1 aromatic carbocycles. The summed E-state index contributed by atoms with van der Waals surface area (Å²) in [7, 11) is 2.12. The average molecular weight is 250 g/mol. The Hall–Kier alpha value is -1.42. The second-order valence-electron chi connectivity index (χ2n) is 5.16. The number of H-pyrrole nitrogens is 1. The van der Waals surface area contributed by atoms with Crippen LogP contribution in [0.25, 0.3) is 10.9 Å². The van der Waals surface area contributed by atoms with Crippen molar-refractivity contribution in [1.82, 2.24) is 9.88 Å². The van der Waals surface area contributed by atoms with Crippen LogP contribution in [0.3, 0.4) is 0 Å². The Morgan fingerprint density at radius 1 is 1.11 bits per heavy atom. The molecule has 0 saturated carbocycles. The second-order valence-corrected chi connectivity index (χ2v) is 5.16. The molecule has 0 spiro atoms. The van der Waals surface area contributed by atoms with Crippen LogP contribution in [-0.2, 0) is 0 Å². The lowest BCUT2D eigenvalue weighted by Gasteiger charge is -2.28. The van der Waals surface area contributed by atoms with Crippen molar-refractivity contribution in [2.75, 3.05) is 20.1 Å². The van der Waals surface area contributed by atoms with Gasteiger partial charge in [-0.3, -0.25) is 0 Å². The first-order valence-corrected chi connectivity index (χ1v) is 6.29. The van der Waals surface area contributed by atoms with Crippen LogP contribution in [-0.4, -0.2) is 30.0 Å². The van der Waals surface area contributed by atoms with Gasteiger partial charge in [0.05, 0.1) is 0 Å². The molecule has 0 bridgehead atoms. The minimum absolute atomic E-state index is 0.472. The lowest BCUT2D eigenvalue weighted by molar-refractivity contribution is 0.254. The Kier molecular flexibility index (Phi) is 2.82. The first kappa shape index (κ1) is 11.7. The van der Waals surface area contributed by atoms with Crippen molar-refractivity contribution in [1.29, 1.82) is 0 Å². The zero-order chi connectivity index (χ0) is 12.7. The number of piperidine rings is 1. The summed E-state index contributed by atoms with van der Waals surface area (Å²) in [5, 5.41) is 0.753. The molecule has 2 aromatic rings. The van der Waals surface area contributed by atoms with Crippen LogP contribution in [0.4, 0.5) is 8.78 Å². The third kappa shape index (κ3) is 2.01. The Labute approximate surface area is 105 Å². The maximum absolute atomic E-state index is 13.2. The van der Waals surface area contributed by atoms with Crippen molar-refractivity contribution >= 4 is 10.9 Å². The van der Waals surface area contributed by atoms with Gasteiger partial charge in [-0.2, -0.15) is 0 Å². The fourth-order valence-corrected chi connectivity index (χ4v) is 2.69. The molecule has 3 rings (SSSR count). The minimum atomic E-state index is -0.792. The molecule has 2 nitrogen and oxygen atoms in total. The van der Waals surface area contributed by atoms with Crippen LogP contribution in [0.15, 0.2) is 18.2 Å². The van der Waals surface area contributed by atoms with E-state index in [4.69, 9.17) is 0 Å². The number of hydrogen-bond donors (Lipinski definition) is 1. The summed E-state index contributed by atoms with van der Waals surface area (Å²) in [4.78, 5) is 5.53. The van der Waals surface area contributed by atoms with E-state index in [-0.39, 0.29) is 0 Å². The van der Waals surface area contributed by atoms with Gasteiger partial charge in [-0.15, -0.1) is 0 Å². The van der Waals surface area contributed by atoms with Crippen LogP contribution in [0.1, 0.15) is 24.5 Å². The number of fused-ring (bicyclic) bond motifs is 1. The first-order chi connectivity index (χ1) is 8.63. The van der Waals surface area contributed by atoms with Gasteiger partial charge in [-0.1, -0.05) is 0 Å². The molecule has 1 aliphatic rings. The molecule has 2 heterocycles. The number of likely N-dealkylation sites (tertiary alicyclic amines) is 1. The smallest absolute Gasteiger partial charge is 0.160 e. The molecule has 0 aliphatic carbocycles. The average Bonchev–Trinajstić information content (AvgIpc) is 2.73. The summed E-state index contributed by atoms with van der Waals surface area (Å²) in [6.07, 6.45) is 2.18. The summed E-state index contributed by atoms with van der Waals surface area (Å²) < 4.78 is 26.3. The normalized spacial score (nSPS) is 18.6. The number of halogens is 2. The lowest BCUT2D eigenvalue weighted by atomic mass is 9.94. The highest BCUT2D eigenvalue weighted by Gasteiger charge is 2.20. The van der Waals surface area contributed by atoms with E-state index in [0.29, 0.717) is 11.4 Å². The van der Waals surface area contributed by atoms with E-state index in [9.17, 15) is 8.78 Å². The summed E-state index contributed by atoms with van der Waals surface area (Å²) in [6.45, 7) is 2.14. The van der Waals surface area contributed by atoms with Crippen molar-refractivity contribution in [3.8, 4) is 0 Å². The highest BCUT2D eigenvalue weighted by Crippen LogP contribution is 2.30. The number of aromatic amines is 1. The summed E-state index contributed by atoms with van der Waals surface area (Å²) >= 11 is 0. The van der Waals surface area contributed by atoms with Crippen molar-refractivity contribution < 1.29 is 8.78 Å². The minimum Gasteiger partial charge on any atom is -0.358 e. The van der Waals surface area contributed by atoms with Gasteiger partial charge >= 0.3 is 0 Å². The van der Waals surface area contributed by atoms with Crippen LogP contribution in [0.2, 0.25) is 0 Å². The largest absolute Gasteiger partial charge is 0.358 e. The topological polar surface area (TPSA) is 19.0 Å². The third-order valence-electron chi connectivity index (χ3n) is 3.84. The van der Waals surface area contributed by atoms with Gasteiger partial charge in [0, 0.05) is 28.6 Å². The fraction of sp³-hybridized carbons (Fsp3) is 0.429. The molecule has 1 saturated heterocycles. The number of rotatable bonds is 1. The Bertz CT molecular complexity index is 529. The number of aromatic nitrogens is 1. The number of nitrogens with one attached hydrogen (secondary N) is 1. The van der Waals surface area contributed by atoms with Gasteiger partial charge in [0.25, 0.3) is 0 Å². The maximum atomic E-state index is 13.2. The molecule has 1 aromatic heterocycles. The SMILES string of the molecule is CN1CCC(c2cc3cc(F)c(F)cc3[nH]2)CC1. The van der Waals surface area contributed by atoms with Crippen molar-refractivity contribution in [3.05, 3.63) is 35.5 Å². The van der Waals surface area contributed by atoms with Gasteiger partial charge in [-0.05, 0) is 45.1 Å². The third-order valence-corrected chi connectivity index (χ3v) is 3.84. The summed E-state index contributed by atoms with van der Waals surface area (Å²) in [5.74, 6) is -1.10. The highest BCUT2D eigenvalue weighted by atomic mass is 19.2. The molecule has 1 aliphatic heterocycles.